The van der Waals surface area contributed by atoms with Gasteiger partial charge in [0.05, 0.1) is 24.9 Å². The zero-order valence-electron chi connectivity index (χ0n) is 19.3. The van der Waals surface area contributed by atoms with Crippen LogP contribution in [0.5, 0.6) is 0 Å². The molecule has 1 atom stereocenters. The Hall–Kier alpha value is -2.87. The van der Waals surface area contributed by atoms with E-state index in [-0.39, 0.29) is 12.4 Å². The number of carbonyl (C=O) groups is 2. The molecule has 1 aromatic carbocycles. The number of nitrogens with zero attached hydrogens (tertiary/aromatic N) is 4. The number of ether oxygens (including phenoxy) is 1. The van der Waals surface area contributed by atoms with Gasteiger partial charge in [-0.25, -0.2) is 4.68 Å². The molecule has 0 bridgehead atoms. The number of aliphatic carboxylic acids is 1. The van der Waals surface area contributed by atoms with E-state index < -0.39 is 5.97 Å². The Labute approximate surface area is 189 Å². The van der Waals surface area contributed by atoms with Crippen molar-refractivity contribution in [1.29, 1.82) is 0 Å². The van der Waals surface area contributed by atoms with Gasteiger partial charge in [0.25, 0.3) is 0 Å². The van der Waals surface area contributed by atoms with E-state index in [2.05, 4.69) is 33.1 Å². The smallest absolute Gasteiger partial charge is 0.307 e. The zero-order chi connectivity index (χ0) is 23.1. The first kappa shape index (κ1) is 23.8. The monoisotopic (exact) mass is 442 g/mol. The number of aryl methyl sites for hydroxylation is 2. The number of carboxylic acids is 1. The van der Waals surface area contributed by atoms with Gasteiger partial charge in [-0.3, -0.25) is 9.59 Å². The first-order chi connectivity index (χ1) is 15.4. The molecule has 0 radical (unpaired) electrons. The standard InChI is InChI=1S/C24H34N4O4/c1-18-14-19(2)28(25-18)22-7-4-6-21(15-22)27(13-10-24(31)32-3)17-20-9-12-26(16-20)11-5-8-23(29)30/h4,6-7,14-15,20H,5,8-13,16-17H2,1-3H3,(H,29,30). The van der Waals surface area contributed by atoms with Gasteiger partial charge in [0, 0.05) is 37.4 Å². The quantitative estimate of drug-likeness (QED) is 0.535. The van der Waals surface area contributed by atoms with E-state index >= 15 is 0 Å². The molecule has 1 fully saturated rings. The number of hydrogen-bond donors (Lipinski definition) is 1. The predicted molar refractivity (Wildman–Crippen MR) is 123 cm³/mol. The van der Waals surface area contributed by atoms with Crippen molar-refractivity contribution in [1.82, 2.24) is 14.7 Å². The summed E-state index contributed by atoms with van der Waals surface area (Å²) in [5.41, 5.74) is 4.11. The van der Waals surface area contributed by atoms with Gasteiger partial charge in [-0.15, -0.1) is 0 Å². The van der Waals surface area contributed by atoms with Gasteiger partial charge in [-0.05, 0) is 70.0 Å². The lowest BCUT2D eigenvalue weighted by Crippen LogP contribution is -2.33. The minimum absolute atomic E-state index is 0.214. The Kier molecular flexibility index (Phi) is 8.27. The van der Waals surface area contributed by atoms with Crippen molar-refractivity contribution < 1.29 is 19.4 Å². The molecule has 2 aromatic rings. The molecule has 8 heteroatoms. The van der Waals surface area contributed by atoms with Crippen LogP contribution in [0.1, 0.15) is 37.1 Å². The van der Waals surface area contributed by atoms with E-state index in [1.165, 1.54) is 7.11 Å². The summed E-state index contributed by atoms with van der Waals surface area (Å²) in [6.45, 7) is 8.21. The van der Waals surface area contributed by atoms with Crippen molar-refractivity contribution >= 4 is 17.6 Å². The Morgan fingerprint density at radius 1 is 1.25 bits per heavy atom. The van der Waals surface area contributed by atoms with Gasteiger partial charge in [0.15, 0.2) is 0 Å². The molecule has 3 rings (SSSR count). The highest BCUT2D eigenvalue weighted by atomic mass is 16.5. The molecule has 32 heavy (non-hydrogen) atoms. The van der Waals surface area contributed by atoms with Gasteiger partial charge < -0.3 is 19.6 Å². The van der Waals surface area contributed by atoms with Crippen LogP contribution in [0.2, 0.25) is 0 Å². The van der Waals surface area contributed by atoms with Crippen molar-refractivity contribution in [3.63, 3.8) is 0 Å². The third-order valence-electron chi connectivity index (χ3n) is 5.98. The number of carbonyl (C=O) groups excluding carboxylic acids is 1. The van der Waals surface area contributed by atoms with Crippen LogP contribution < -0.4 is 4.90 Å². The number of benzene rings is 1. The topological polar surface area (TPSA) is 87.9 Å². The molecule has 8 nitrogen and oxygen atoms in total. The van der Waals surface area contributed by atoms with Gasteiger partial charge in [0.2, 0.25) is 0 Å². The fourth-order valence-electron chi connectivity index (χ4n) is 4.40. The third kappa shape index (κ3) is 6.56. The molecule has 2 heterocycles. The lowest BCUT2D eigenvalue weighted by atomic mass is 10.1. The second-order valence-corrected chi connectivity index (χ2v) is 8.58. The number of carboxylic acid groups (broad SMARTS) is 1. The fraction of sp³-hybridized carbons (Fsp3) is 0.542. The lowest BCUT2D eigenvalue weighted by molar-refractivity contribution is -0.140. The van der Waals surface area contributed by atoms with E-state index in [9.17, 15) is 9.59 Å². The van der Waals surface area contributed by atoms with Gasteiger partial charge in [-0.1, -0.05) is 6.07 Å². The minimum Gasteiger partial charge on any atom is -0.481 e. The minimum atomic E-state index is -0.739. The second kappa shape index (κ2) is 11.1. The van der Waals surface area contributed by atoms with Crippen LogP contribution in [-0.4, -0.2) is 71.6 Å². The molecule has 0 amide bonds. The summed E-state index contributed by atoms with van der Waals surface area (Å²) in [5.74, 6) is -0.488. The van der Waals surface area contributed by atoms with Crippen molar-refractivity contribution in [2.24, 2.45) is 5.92 Å². The summed E-state index contributed by atoms with van der Waals surface area (Å²) in [6, 6.07) is 10.3. The van der Waals surface area contributed by atoms with E-state index in [4.69, 9.17) is 9.84 Å². The largest absolute Gasteiger partial charge is 0.481 e. The molecule has 174 valence electrons. The Morgan fingerprint density at radius 3 is 2.75 bits per heavy atom. The van der Waals surface area contributed by atoms with Gasteiger partial charge >= 0.3 is 11.9 Å². The molecule has 1 aliphatic heterocycles. The molecule has 0 aliphatic carbocycles. The number of anilines is 1. The molecule has 1 N–H and O–H groups in total. The van der Waals surface area contributed by atoms with Crippen LogP contribution >= 0.6 is 0 Å². The van der Waals surface area contributed by atoms with E-state index in [1.807, 2.05) is 30.7 Å². The zero-order valence-corrected chi connectivity index (χ0v) is 19.3. The highest BCUT2D eigenvalue weighted by Crippen LogP contribution is 2.25. The molecule has 1 aromatic heterocycles. The molecule has 1 saturated heterocycles. The average Bonchev–Trinajstić information content (AvgIpc) is 3.35. The van der Waals surface area contributed by atoms with Crippen LogP contribution in [0, 0.1) is 19.8 Å². The van der Waals surface area contributed by atoms with Crippen LogP contribution in [0.15, 0.2) is 30.3 Å². The van der Waals surface area contributed by atoms with Crippen LogP contribution in [-0.2, 0) is 14.3 Å². The summed E-state index contributed by atoms with van der Waals surface area (Å²) < 4.78 is 6.80. The molecule has 1 unspecified atom stereocenters. The molecule has 1 aliphatic rings. The number of rotatable bonds is 11. The molecular weight excluding hydrogens is 408 g/mol. The van der Waals surface area contributed by atoms with E-state index in [0.717, 1.165) is 55.4 Å². The summed E-state index contributed by atoms with van der Waals surface area (Å²) in [6.07, 6.45) is 2.29. The van der Waals surface area contributed by atoms with Crippen molar-refractivity contribution in [2.45, 2.75) is 39.5 Å². The average molecular weight is 443 g/mol. The molecular formula is C24H34N4O4. The lowest BCUT2D eigenvalue weighted by Gasteiger charge is -2.28. The summed E-state index contributed by atoms with van der Waals surface area (Å²) >= 11 is 0. The van der Waals surface area contributed by atoms with E-state index in [0.29, 0.717) is 25.3 Å². The first-order valence-electron chi connectivity index (χ1n) is 11.3. The Morgan fingerprint density at radius 2 is 2.06 bits per heavy atom. The van der Waals surface area contributed by atoms with Crippen molar-refractivity contribution in [2.75, 3.05) is 44.7 Å². The van der Waals surface area contributed by atoms with Crippen molar-refractivity contribution in [3.05, 3.63) is 41.7 Å². The summed E-state index contributed by atoms with van der Waals surface area (Å²) in [5, 5.41) is 13.5. The maximum atomic E-state index is 11.8. The number of hydrogen-bond acceptors (Lipinski definition) is 6. The first-order valence-corrected chi connectivity index (χ1v) is 11.3. The third-order valence-corrected chi connectivity index (χ3v) is 5.98. The van der Waals surface area contributed by atoms with Crippen LogP contribution in [0.4, 0.5) is 5.69 Å². The number of methoxy groups -OCH3 is 1. The number of esters is 1. The van der Waals surface area contributed by atoms with E-state index in [1.54, 1.807) is 0 Å². The van der Waals surface area contributed by atoms with Gasteiger partial charge in [0.1, 0.15) is 0 Å². The molecule has 0 saturated carbocycles. The second-order valence-electron chi connectivity index (χ2n) is 8.58. The normalized spacial score (nSPS) is 16.3. The summed E-state index contributed by atoms with van der Waals surface area (Å²) in [4.78, 5) is 27.2. The maximum Gasteiger partial charge on any atom is 0.307 e. The Balaban J connectivity index is 1.71. The summed E-state index contributed by atoms with van der Waals surface area (Å²) in [7, 11) is 1.42. The highest BCUT2D eigenvalue weighted by molar-refractivity contribution is 5.70. The predicted octanol–water partition coefficient (Wildman–Crippen LogP) is 3.05. The molecule has 0 spiro atoms. The maximum absolute atomic E-state index is 11.8. The fourth-order valence-corrected chi connectivity index (χ4v) is 4.40. The Bertz CT molecular complexity index is 926. The van der Waals surface area contributed by atoms with Crippen LogP contribution in [0.3, 0.4) is 0 Å². The number of aromatic nitrogens is 2. The highest BCUT2D eigenvalue weighted by Gasteiger charge is 2.25. The number of likely N-dealkylation sites (tertiary alicyclic amines) is 1. The van der Waals surface area contributed by atoms with Crippen LogP contribution in [0.25, 0.3) is 5.69 Å². The SMILES string of the molecule is COC(=O)CCN(CC1CCN(CCCC(=O)O)C1)c1cccc(-n2nc(C)cc2C)c1. The van der Waals surface area contributed by atoms with Crippen molar-refractivity contribution in [3.8, 4) is 5.69 Å². The van der Waals surface area contributed by atoms with Gasteiger partial charge in [-0.2, -0.15) is 5.10 Å².